The van der Waals surface area contributed by atoms with Crippen molar-refractivity contribution in [3.8, 4) is 5.75 Å². The van der Waals surface area contributed by atoms with Gasteiger partial charge in [0.2, 0.25) is 5.91 Å². The number of nitrogens with one attached hydrogen (secondary N) is 1. The molecule has 3 aromatic carbocycles. The fraction of sp³-hybridized carbons (Fsp3) is 0.167. The molecule has 0 unspecified atom stereocenters. The van der Waals surface area contributed by atoms with Crippen LogP contribution in [-0.2, 0) is 11.4 Å². The molecule has 4 heteroatoms. The van der Waals surface area contributed by atoms with Crippen molar-refractivity contribution in [3.63, 3.8) is 0 Å². The maximum absolute atomic E-state index is 12.4. The smallest absolute Gasteiger partial charge is 0.247 e. The van der Waals surface area contributed by atoms with Crippen LogP contribution in [0.1, 0.15) is 36.0 Å². The third-order valence-electron chi connectivity index (χ3n) is 4.44. The molecule has 3 aromatic rings. The summed E-state index contributed by atoms with van der Waals surface area (Å²) in [5.74, 6) is 0.486. The number of carbonyl (C=O) groups excluding carboxylic acids is 1. The van der Waals surface area contributed by atoms with E-state index in [4.69, 9.17) is 4.74 Å². The summed E-state index contributed by atoms with van der Waals surface area (Å²) in [5.41, 5.74) is 5.65. The lowest BCUT2D eigenvalue weighted by Gasteiger charge is -2.12. The number of benzene rings is 3. The molecule has 4 nitrogen and oxygen atoms in total. The second-order valence-electron chi connectivity index (χ2n) is 6.45. The van der Waals surface area contributed by atoms with Gasteiger partial charge in [0.25, 0.3) is 0 Å². The molecule has 0 aliphatic heterocycles. The fourth-order valence-corrected chi connectivity index (χ4v) is 2.90. The van der Waals surface area contributed by atoms with Crippen LogP contribution < -0.4 is 10.2 Å². The van der Waals surface area contributed by atoms with E-state index in [1.165, 1.54) is 0 Å². The maximum atomic E-state index is 12.4. The zero-order valence-corrected chi connectivity index (χ0v) is 15.9. The summed E-state index contributed by atoms with van der Waals surface area (Å²) in [5, 5.41) is 4.09. The van der Waals surface area contributed by atoms with Crippen LogP contribution in [-0.4, -0.2) is 12.1 Å². The van der Waals surface area contributed by atoms with E-state index in [0.717, 1.165) is 28.9 Å². The van der Waals surface area contributed by atoms with E-state index in [2.05, 4.69) is 10.5 Å². The van der Waals surface area contributed by atoms with Gasteiger partial charge in [0.1, 0.15) is 12.4 Å². The Balaban J connectivity index is 1.52. The lowest BCUT2D eigenvalue weighted by atomic mass is 9.96. The minimum absolute atomic E-state index is 0.104. The Morgan fingerprint density at radius 2 is 1.61 bits per heavy atom. The van der Waals surface area contributed by atoms with Gasteiger partial charge < -0.3 is 4.74 Å². The molecule has 0 radical (unpaired) electrons. The molecule has 0 saturated carbocycles. The Hall–Kier alpha value is -3.40. The van der Waals surface area contributed by atoms with Crippen molar-refractivity contribution in [3.05, 3.63) is 102 Å². The van der Waals surface area contributed by atoms with Gasteiger partial charge in [-0.15, -0.1) is 0 Å². The van der Waals surface area contributed by atoms with E-state index in [-0.39, 0.29) is 11.8 Å². The minimum Gasteiger partial charge on any atom is -0.489 e. The third-order valence-corrected chi connectivity index (χ3v) is 4.44. The van der Waals surface area contributed by atoms with Crippen LogP contribution in [0.3, 0.4) is 0 Å². The van der Waals surface area contributed by atoms with E-state index >= 15 is 0 Å². The molecular weight excluding hydrogens is 348 g/mol. The summed E-state index contributed by atoms with van der Waals surface area (Å²) in [6, 6.07) is 27.4. The lowest BCUT2D eigenvalue weighted by Crippen LogP contribution is -2.25. The highest BCUT2D eigenvalue weighted by molar-refractivity contribution is 5.86. The van der Waals surface area contributed by atoms with Crippen LogP contribution in [0, 0.1) is 0 Å². The first-order valence-electron chi connectivity index (χ1n) is 9.41. The molecule has 0 fully saturated rings. The van der Waals surface area contributed by atoms with Gasteiger partial charge in [-0.3, -0.25) is 4.79 Å². The molecular formula is C24H24N2O2. The second-order valence-corrected chi connectivity index (χ2v) is 6.45. The number of amides is 1. The molecule has 0 aromatic heterocycles. The summed E-state index contributed by atoms with van der Waals surface area (Å²) >= 11 is 0. The molecule has 0 aliphatic rings. The van der Waals surface area contributed by atoms with Crippen molar-refractivity contribution >= 4 is 12.1 Å². The van der Waals surface area contributed by atoms with Crippen LogP contribution in [0.5, 0.6) is 5.75 Å². The minimum atomic E-state index is -0.202. The van der Waals surface area contributed by atoms with Crippen LogP contribution >= 0.6 is 0 Å². The highest BCUT2D eigenvalue weighted by atomic mass is 16.5. The summed E-state index contributed by atoms with van der Waals surface area (Å²) in [4.78, 5) is 12.4. The molecule has 0 aliphatic carbocycles. The van der Waals surface area contributed by atoms with Crippen LogP contribution in [0.2, 0.25) is 0 Å². The summed E-state index contributed by atoms with van der Waals surface area (Å²) in [6.45, 7) is 2.53. The molecule has 0 bridgehead atoms. The van der Waals surface area contributed by atoms with Crippen molar-refractivity contribution in [1.82, 2.24) is 5.43 Å². The number of hydrazone groups is 1. The monoisotopic (exact) mass is 372 g/mol. The summed E-state index contributed by atoms with van der Waals surface area (Å²) in [7, 11) is 0. The molecule has 1 amide bonds. The molecule has 0 spiro atoms. The molecule has 3 rings (SSSR count). The van der Waals surface area contributed by atoms with Gasteiger partial charge in [0.05, 0.1) is 12.1 Å². The molecule has 0 saturated heterocycles. The van der Waals surface area contributed by atoms with Crippen molar-refractivity contribution < 1.29 is 9.53 Å². The van der Waals surface area contributed by atoms with Crippen LogP contribution in [0.4, 0.5) is 0 Å². The first-order chi connectivity index (χ1) is 13.8. The van der Waals surface area contributed by atoms with Gasteiger partial charge in [-0.1, -0.05) is 67.6 Å². The van der Waals surface area contributed by atoms with Crippen molar-refractivity contribution in [2.45, 2.75) is 25.9 Å². The number of rotatable bonds is 8. The van der Waals surface area contributed by atoms with E-state index in [9.17, 15) is 4.79 Å². The Morgan fingerprint density at radius 1 is 0.964 bits per heavy atom. The highest BCUT2D eigenvalue weighted by Gasteiger charge is 2.17. The summed E-state index contributed by atoms with van der Waals surface area (Å²) < 4.78 is 5.77. The fourth-order valence-electron chi connectivity index (χ4n) is 2.90. The number of nitrogens with zero attached hydrogens (tertiary/aromatic N) is 1. The van der Waals surface area contributed by atoms with Gasteiger partial charge in [-0.05, 0) is 47.4 Å². The molecule has 28 heavy (non-hydrogen) atoms. The quantitative estimate of drug-likeness (QED) is 0.451. The number of hydrogen-bond donors (Lipinski definition) is 1. The predicted molar refractivity (Wildman–Crippen MR) is 112 cm³/mol. The number of carbonyl (C=O) groups is 1. The van der Waals surface area contributed by atoms with Crippen molar-refractivity contribution in [2.75, 3.05) is 0 Å². The Labute approximate surface area is 165 Å². The summed E-state index contributed by atoms with van der Waals surface area (Å²) in [6.07, 6.45) is 2.36. The Kier molecular flexibility index (Phi) is 6.96. The van der Waals surface area contributed by atoms with Gasteiger partial charge in [-0.2, -0.15) is 5.10 Å². The second kappa shape index (κ2) is 10.1. The van der Waals surface area contributed by atoms with Crippen LogP contribution in [0.25, 0.3) is 0 Å². The van der Waals surface area contributed by atoms with Gasteiger partial charge in [-0.25, -0.2) is 5.43 Å². The van der Waals surface area contributed by atoms with Crippen molar-refractivity contribution in [1.29, 1.82) is 0 Å². The van der Waals surface area contributed by atoms with Gasteiger partial charge >= 0.3 is 0 Å². The SMILES string of the molecule is CC[C@H](C(=O)N/N=C\c1ccc(OCc2ccccc2)cc1)c1ccccc1. The topological polar surface area (TPSA) is 50.7 Å². The van der Waals surface area contributed by atoms with Crippen LogP contribution in [0.15, 0.2) is 90.0 Å². The van der Waals surface area contributed by atoms with E-state index in [0.29, 0.717) is 6.61 Å². The largest absolute Gasteiger partial charge is 0.489 e. The van der Waals surface area contributed by atoms with Crippen molar-refractivity contribution in [2.24, 2.45) is 5.10 Å². The lowest BCUT2D eigenvalue weighted by molar-refractivity contribution is -0.122. The Bertz CT molecular complexity index is 891. The van der Waals surface area contributed by atoms with Gasteiger partial charge in [0, 0.05) is 0 Å². The molecule has 142 valence electrons. The molecule has 1 atom stereocenters. The first-order valence-corrected chi connectivity index (χ1v) is 9.41. The van der Waals surface area contributed by atoms with Gasteiger partial charge in [0.15, 0.2) is 0 Å². The third kappa shape index (κ3) is 5.55. The zero-order valence-electron chi connectivity index (χ0n) is 15.9. The maximum Gasteiger partial charge on any atom is 0.247 e. The molecule has 0 heterocycles. The number of ether oxygens (including phenoxy) is 1. The Morgan fingerprint density at radius 3 is 2.25 bits per heavy atom. The molecule has 1 N–H and O–H groups in total. The normalized spacial score (nSPS) is 11.9. The van der Waals surface area contributed by atoms with E-state index < -0.39 is 0 Å². The standard InChI is InChI=1S/C24H24N2O2/c1-2-23(21-11-7-4-8-12-21)24(27)26-25-17-19-13-15-22(16-14-19)28-18-20-9-5-3-6-10-20/h3-17,23H,2,18H2,1H3,(H,26,27)/b25-17-/t23-/m0/s1. The average Bonchev–Trinajstić information content (AvgIpc) is 2.75. The first kappa shape index (κ1) is 19.4. The van der Waals surface area contributed by atoms with E-state index in [1.54, 1.807) is 6.21 Å². The number of hydrogen-bond acceptors (Lipinski definition) is 3. The zero-order chi connectivity index (χ0) is 19.6. The predicted octanol–water partition coefficient (Wildman–Crippen LogP) is 4.91. The average molecular weight is 372 g/mol. The van der Waals surface area contributed by atoms with E-state index in [1.807, 2.05) is 91.9 Å². The highest BCUT2D eigenvalue weighted by Crippen LogP contribution is 2.19.